The van der Waals surface area contributed by atoms with Crippen molar-refractivity contribution in [1.82, 2.24) is 9.78 Å². The fraction of sp³-hybridized carbons (Fsp3) is 0.348. The summed E-state index contributed by atoms with van der Waals surface area (Å²) in [6, 6.07) is 15.6. The van der Waals surface area contributed by atoms with Crippen LogP contribution in [-0.4, -0.2) is 34.7 Å². The molecule has 0 aliphatic rings. The van der Waals surface area contributed by atoms with Gasteiger partial charge in [0.05, 0.1) is 44.4 Å². The van der Waals surface area contributed by atoms with Crippen LogP contribution in [0.15, 0.2) is 48.5 Å². The van der Waals surface area contributed by atoms with E-state index < -0.39 is 0 Å². The first-order valence-corrected chi connectivity index (χ1v) is 9.97. The number of aromatic nitrogens is 2. The average Bonchev–Trinajstić information content (AvgIpc) is 3.13. The van der Waals surface area contributed by atoms with Crippen molar-refractivity contribution in [1.29, 1.82) is 0 Å². The molecule has 0 amide bonds. The van der Waals surface area contributed by atoms with Gasteiger partial charge >= 0.3 is 0 Å². The minimum Gasteiger partial charge on any atom is -0.494 e. The smallest absolute Gasteiger partial charge is 0.124 e. The summed E-state index contributed by atoms with van der Waals surface area (Å²) in [6.45, 7) is 7.99. The number of hydrogen-bond acceptors (Lipinski definition) is 5. The van der Waals surface area contributed by atoms with Crippen molar-refractivity contribution in [2.24, 2.45) is 0 Å². The van der Waals surface area contributed by atoms with Crippen molar-refractivity contribution in [3.8, 4) is 28.5 Å². The Morgan fingerprint density at radius 3 is 2.14 bits per heavy atom. The number of nitrogens with zero attached hydrogens (tertiary/aromatic N) is 2. The van der Waals surface area contributed by atoms with Crippen LogP contribution in [0, 0.1) is 0 Å². The molecular weight excluding hydrogens is 368 g/mol. The van der Waals surface area contributed by atoms with Crippen LogP contribution in [-0.2, 0) is 13.2 Å². The molecule has 0 spiro atoms. The lowest BCUT2D eigenvalue weighted by Gasteiger charge is -2.14. The van der Waals surface area contributed by atoms with Gasteiger partial charge in [0.25, 0.3) is 0 Å². The van der Waals surface area contributed by atoms with Crippen LogP contribution in [0.1, 0.15) is 32.0 Å². The van der Waals surface area contributed by atoms with E-state index in [2.05, 4.69) is 5.10 Å². The van der Waals surface area contributed by atoms with Gasteiger partial charge in [-0.2, -0.15) is 5.10 Å². The monoisotopic (exact) mass is 396 g/mol. The molecule has 0 bridgehead atoms. The van der Waals surface area contributed by atoms with E-state index in [4.69, 9.17) is 14.2 Å². The van der Waals surface area contributed by atoms with Crippen molar-refractivity contribution in [2.45, 2.75) is 33.9 Å². The molecule has 0 fully saturated rings. The van der Waals surface area contributed by atoms with Crippen LogP contribution in [0.5, 0.6) is 17.2 Å². The Morgan fingerprint density at radius 1 is 0.862 bits per heavy atom. The van der Waals surface area contributed by atoms with Crippen molar-refractivity contribution in [3.63, 3.8) is 0 Å². The third-order valence-corrected chi connectivity index (χ3v) is 4.38. The lowest BCUT2D eigenvalue weighted by atomic mass is 10.1. The summed E-state index contributed by atoms with van der Waals surface area (Å²) in [4.78, 5) is 0. The fourth-order valence-corrected chi connectivity index (χ4v) is 3.21. The quantitative estimate of drug-likeness (QED) is 0.554. The molecular formula is C23H28N2O4. The maximum absolute atomic E-state index is 9.65. The maximum atomic E-state index is 9.65. The Balaban J connectivity index is 2.04. The molecule has 3 aromatic rings. The van der Waals surface area contributed by atoms with E-state index in [1.54, 1.807) is 0 Å². The topological polar surface area (TPSA) is 65.7 Å². The van der Waals surface area contributed by atoms with Crippen molar-refractivity contribution in [2.75, 3.05) is 19.8 Å². The van der Waals surface area contributed by atoms with Gasteiger partial charge in [0.2, 0.25) is 0 Å². The van der Waals surface area contributed by atoms with Crippen LogP contribution in [0.3, 0.4) is 0 Å². The van der Waals surface area contributed by atoms with E-state index in [0.29, 0.717) is 32.1 Å². The van der Waals surface area contributed by atoms with Gasteiger partial charge in [-0.25, -0.2) is 0 Å². The molecule has 2 aromatic carbocycles. The summed E-state index contributed by atoms with van der Waals surface area (Å²) >= 11 is 0. The van der Waals surface area contributed by atoms with E-state index in [-0.39, 0.29) is 6.61 Å². The zero-order valence-electron chi connectivity index (χ0n) is 17.2. The molecule has 0 atom stereocenters. The predicted molar refractivity (Wildman–Crippen MR) is 113 cm³/mol. The molecule has 154 valence electrons. The molecule has 0 aliphatic heterocycles. The number of rotatable bonds is 10. The predicted octanol–water partition coefficient (Wildman–Crippen LogP) is 4.29. The number of ether oxygens (including phenoxy) is 3. The van der Waals surface area contributed by atoms with Crippen LogP contribution >= 0.6 is 0 Å². The molecule has 0 radical (unpaired) electrons. The van der Waals surface area contributed by atoms with Crippen LogP contribution in [0.4, 0.5) is 0 Å². The van der Waals surface area contributed by atoms with Gasteiger partial charge in [-0.3, -0.25) is 4.68 Å². The minimum absolute atomic E-state index is 0.128. The Kier molecular flexibility index (Phi) is 7.14. The van der Waals surface area contributed by atoms with Gasteiger partial charge in [-0.15, -0.1) is 0 Å². The first-order valence-electron chi connectivity index (χ1n) is 9.97. The number of para-hydroxylation sites is 1. The van der Waals surface area contributed by atoms with Crippen molar-refractivity contribution >= 4 is 0 Å². The highest BCUT2D eigenvalue weighted by Gasteiger charge is 2.14. The highest BCUT2D eigenvalue weighted by molar-refractivity contribution is 5.65. The minimum atomic E-state index is -0.128. The molecule has 1 heterocycles. The molecule has 6 heteroatoms. The largest absolute Gasteiger partial charge is 0.494 e. The molecule has 0 saturated heterocycles. The van der Waals surface area contributed by atoms with Gasteiger partial charge in [0.1, 0.15) is 17.2 Å². The molecule has 0 saturated carbocycles. The summed E-state index contributed by atoms with van der Waals surface area (Å²) in [5.74, 6) is 2.31. The molecule has 0 aliphatic carbocycles. The lowest BCUT2D eigenvalue weighted by Crippen LogP contribution is -2.07. The number of aliphatic hydroxyl groups excluding tert-OH is 1. The SMILES string of the molecule is CCOc1cc(OCC)cc(-c2cc(CO)nn2Cc2ccccc2OCC)c1. The second-order valence-electron chi connectivity index (χ2n) is 6.44. The number of hydrogen-bond donors (Lipinski definition) is 1. The van der Waals surface area contributed by atoms with Gasteiger partial charge in [0.15, 0.2) is 0 Å². The zero-order chi connectivity index (χ0) is 20.6. The molecule has 6 nitrogen and oxygen atoms in total. The first-order chi connectivity index (χ1) is 14.2. The van der Waals surface area contributed by atoms with Gasteiger partial charge in [-0.1, -0.05) is 18.2 Å². The molecule has 3 rings (SSSR count). The maximum Gasteiger partial charge on any atom is 0.124 e. The molecule has 1 N–H and O–H groups in total. The third-order valence-electron chi connectivity index (χ3n) is 4.38. The summed E-state index contributed by atoms with van der Waals surface area (Å²) < 4.78 is 19.1. The normalized spacial score (nSPS) is 10.8. The summed E-state index contributed by atoms with van der Waals surface area (Å²) in [5, 5.41) is 14.2. The van der Waals surface area contributed by atoms with E-state index in [0.717, 1.165) is 34.1 Å². The Bertz CT molecular complexity index is 912. The number of aliphatic hydroxyl groups is 1. The van der Waals surface area contributed by atoms with E-state index in [1.165, 1.54) is 0 Å². The van der Waals surface area contributed by atoms with Gasteiger partial charge in [0, 0.05) is 17.2 Å². The van der Waals surface area contributed by atoms with Crippen molar-refractivity contribution in [3.05, 3.63) is 59.8 Å². The molecule has 1 aromatic heterocycles. The van der Waals surface area contributed by atoms with E-state index >= 15 is 0 Å². The summed E-state index contributed by atoms with van der Waals surface area (Å²) in [5.41, 5.74) is 3.42. The Morgan fingerprint density at radius 2 is 1.52 bits per heavy atom. The summed E-state index contributed by atoms with van der Waals surface area (Å²) in [7, 11) is 0. The standard InChI is InChI=1S/C23H28N2O4/c1-4-27-20-11-18(12-21(14-20)28-5-2)22-13-19(16-26)24-25(22)15-17-9-7-8-10-23(17)29-6-3/h7-14,26H,4-6,15-16H2,1-3H3. The fourth-order valence-electron chi connectivity index (χ4n) is 3.21. The average molecular weight is 396 g/mol. The van der Waals surface area contributed by atoms with Crippen LogP contribution < -0.4 is 14.2 Å². The Hall–Kier alpha value is -2.99. The highest BCUT2D eigenvalue weighted by Crippen LogP contribution is 2.32. The molecule has 29 heavy (non-hydrogen) atoms. The number of benzene rings is 2. The second-order valence-corrected chi connectivity index (χ2v) is 6.44. The van der Waals surface area contributed by atoms with Crippen LogP contribution in [0.25, 0.3) is 11.3 Å². The van der Waals surface area contributed by atoms with Crippen LogP contribution in [0.2, 0.25) is 0 Å². The Labute approximate surface area is 171 Å². The zero-order valence-corrected chi connectivity index (χ0v) is 17.2. The van der Waals surface area contributed by atoms with E-state index in [1.807, 2.05) is 74.0 Å². The van der Waals surface area contributed by atoms with E-state index in [9.17, 15) is 5.11 Å². The first kappa shape index (κ1) is 20.7. The summed E-state index contributed by atoms with van der Waals surface area (Å²) in [6.07, 6.45) is 0. The highest BCUT2D eigenvalue weighted by atomic mass is 16.5. The lowest BCUT2D eigenvalue weighted by molar-refractivity contribution is 0.275. The third kappa shape index (κ3) is 5.09. The van der Waals surface area contributed by atoms with Gasteiger partial charge in [-0.05, 0) is 45.0 Å². The molecule has 0 unspecified atom stereocenters. The second kappa shape index (κ2) is 9.98. The van der Waals surface area contributed by atoms with Gasteiger partial charge < -0.3 is 19.3 Å². The van der Waals surface area contributed by atoms with Crippen molar-refractivity contribution < 1.29 is 19.3 Å².